The zero-order chi connectivity index (χ0) is 20.4. The molecule has 0 bridgehead atoms. The molecule has 0 radical (unpaired) electrons. The van der Waals surface area contributed by atoms with E-state index in [1.807, 2.05) is 30.3 Å². The van der Waals surface area contributed by atoms with Crippen LogP contribution in [-0.2, 0) is 6.42 Å². The Hall–Kier alpha value is -3.51. The van der Waals surface area contributed by atoms with Crippen LogP contribution < -0.4 is 0 Å². The Morgan fingerprint density at radius 2 is 1.45 bits per heavy atom. The molecule has 0 heterocycles. The van der Waals surface area contributed by atoms with E-state index >= 15 is 0 Å². The normalized spacial score (nSPS) is 10.6. The van der Waals surface area contributed by atoms with E-state index in [0.29, 0.717) is 10.9 Å². The van der Waals surface area contributed by atoms with Gasteiger partial charge in [0.1, 0.15) is 5.82 Å². The van der Waals surface area contributed by atoms with E-state index < -0.39 is 17.5 Å². The Balaban J connectivity index is 1.62. The SMILES string of the molecule is CCc1ccc(-c2ccc(C#Cc3ccc4c(F)c(F)ccc4c3)c(F)c2)cc1. The Morgan fingerprint density at radius 1 is 0.690 bits per heavy atom. The third kappa shape index (κ3) is 3.88. The van der Waals surface area contributed by atoms with E-state index in [1.54, 1.807) is 18.2 Å². The first-order valence-corrected chi connectivity index (χ1v) is 9.34. The molecule has 0 nitrogen and oxygen atoms in total. The number of aryl methyl sites for hydroxylation is 1. The quantitative estimate of drug-likeness (QED) is 0.329. The van der Waals surface area contributed by atoms with Gasteiger partial charge in [-0.1, -0.05) is 61.2 Å². The van der Waals surface area contributed by atoms with Gasteiger partial charge in [-0.3, -0.25) is 0 Å². The molecule has 4 aromatic carbocycles. The molecule has 4 aromatic rings. The Morgan fingerprint density at radius 3 is 2.17 bits per heavy atom. The summed E-state index contributed by atoms with van der Waals surface area (Å²) in [7, 11) is 0. The molecule has 0 amide bonds. The summed E-state index contributed by atoms with van der Waals surface area (Å²) in [6.45, 7) is 2.09. The molecule has 0 aliphatic carbocycles. The van der Waals surface area contributed by atoms with E-state index in [-0.39, 0.29) is 10.9 Å². The molecule has 0 saturated carbocycles. The number of halogens is 3. The minimum absolute atomic E-state index is 0.195. The molecule has 0 fully saturated rings. The van der Waals surface area contributed by atoms with Gasteiger partial charge in [-0.25, -0.2) is 13.2 Å². The van der Waals surface area contributed by atoms with E-state index in [1.165, 1.54) is 23.8 Å². The van der Waals surface area contributed by atoms with Gasteiger partial charge in [0.2, 0.25) is 0 Å². The van der Waals surface area contributed by atoms with Crippen LogP contribution in [0.5, 0.6) is 0 Å². The molecule has 0 aliphatic rings. The average Bonchev–Trinajstić information content (AvgIpc) is 2.75. The minimum atomic E-state index is -0.886. The number of hydrogen-bond donors (Lipinski definition) is 0. The second-order valence-electron chi connectivity index (χ2n) is 6.79. The monoisotopic (exact) mass is 386 g/mol. The van der Waals surface area contributed by atoms with Crippen LogP contribution in [0.3, 0.4) is 0 Å². The van der Waals surface area contributed by atoms with Crippen molar-refractivity contribution in [2.45, 2.75) is 13.3 Å². The van der Waals surface area contributed by atoms with Gasteiger partial charge in [0.05, 0.1) is 5.56 Å². The fourth-order valence-electron chi connectivity index (χ4n) is 3.21. The smallest absolute Gasteiger partial charge is 0.166 e. The summed E-state index contributed by atoms with van der Waals surface area (Å²) in [4.78, 5) is 0. The standard InChI is InChI=1S/C26H17F3/c1-2-17-3-7-19(8-4-17)21-11-10-20(25(28)16-21)9-5-18-6-13-23-22(15-18)12-14-24(27)26(23)29/h3-4,6-8,10-16H,2H2,1H3. The van der Waals surface area contributed by atoms with Crippen LogP contribution >= 0.6 is 0 Å². The Bertz CT molecular complexity index is 1260. The molecule has 0 spiro atoms. The highest BCUT2D eigenvalue weighted by Crippen LogP contribution is 2.23. The van der Waals surface area contributed by atoms with Crippen molar-refractivity contribution in [1.82, 2.24) is 0 Å². The second-order valence-corrected chi connectivity index (χ2v) is 6.79. The van der Waals surface area contributed by atoms with Gasteiger partial charge in [-0.2, -0.15) is 0 Å². The fraction of sp³-hybridized carbons (Fsp3) is 0.0769. The lowest BCUT2D eigenvalue weighted by atomic mass is 10.0. The Labute approximate surface area is 167 Å². The van der Waals surface area contributed by atoms with Crippen LogP contribution in [0, 0.1) is 29.3 Å². The van der Waals surface area contributed by atoms with Crippen LogP contribution in [0.15, 0.2) is 72.8 Å². The number of benzene rings is 4. The number of hydrogen-bond acceptors (Lipinski definition) is 0. The maximum Gasteiger partial charge on any atom is 0.166 e. The molecule has 0 unspecified atom stereocenters. The highest BCUT2D eigenvalue weighted by atomic mass is 19.2. The van der Waals surface area contributed by atoms with Crippen LogP contribution in [0.25, 0.3) is 21.9 Å². The van der Waals surface area contributed by atoms with E-state index in [9.17, 15) is 13.2 Å². The lowest BCUT2D eigenvalue weighted by Gasteiger charge is -2.04. The van der Waals surface area contributed by atoms with Crippen molar-refractivity contribution in [1.29, 1.82) is 0 Å². The number of fused-ring (bicyclic) bond motifs is 1. The zero-order valence-corrected chi connectivity index (χ0v) is 15.8. The summed E-state index contributed by atoms with van der Waals surface area (Å²) in [6.07, 6.45) is 0.958. The van der Waals surface area contributed by atoms with Gasteiger partial charge in [-0.05, 0) is 58.8 Å². The first-order chi connectivity index (χ1) is 14.0. The number of rotatable bonds is 2. The van der Waals surface area contributed by atoms with Crippen molar-refractivity contribution in [3.05, 3.63) is 107 Å². The largest absolute Gasteiger partial charge is 0.206 e. The summed E-state index contributed by atoms with van der Waals surface area (Å²) in [5, 5.41) is 0.738. The summed E-state index contributed by atoms with van der Waals surface area (Å²) >= 11 is 0. The van der Waals surface area contributed by atoms with E-state index in [4.69, 9.17) is 0 Å². The lowest BCUT2D eigenvalue weighted by Crippen LogP contribution is -1.88. The van der Waals surface area contributed by atoms with Crippen molar-refractivity contribution >= 4 is 10.8 Å². The summed E-state index contributed by atoms with van der Waals surface area (Å²) in [5.41, 5.74) is 3.85. The van der Waals surface area contributed by atoms with Gasteiger partial charge in [0.15, 0.2) is 11.6 Å². The molecule has 142 valence electrons. The third-order valence-corrected chi connectivity index (χ3v) is 4.91. The van der Waals surface area contributed by atoms with E-state index in [2.05, 4.69) is 18.8 Å². The van der Waals surface area contributed by atoms with Crippen LogP contribution in [-0.4, -0.2) is 0 Å². The molecule has 0 saturated heterocycles. The van der Waals surface area contributed by atoms with Gasteiger partial charge in [0, 0.05) is 10.9 Å². The topological polar surface area (TPSA) is 0 Å². The second kappa shape index (κ2) is 7.85. The summed E-state index contributed by atoms with van der Waals surface area (Å²) < 4.78 is 41.6. The zero-order valence-electron chi connectivity index (χ0n) is 15.8. The van der Waals surface area contributed by atoms with Crippen molar-refractivity contribution < 1.29 is 13.2 Å². The summed E-state index contributed by atoms with van der Waals surface area (Å²) in [6, 6.07) is 20.3. The molecular weight excluding hydrogens is 369 g/mol. The minimum Gasteiger partial charge on any atom is -0.206 e. The van der Waals surface area contributed by atoms with Gasteiger partial charge in [-0.15, -0.1) is 0 Å². The first kappa shape index (κ1) is 18.8. The first-order valence-electron chi connectivity index (χ1n) is 9.34. The van der Waals surface area contributed by atoms with Crippen molar-refractivity contribution in [3.63, 3.8) is 0 Å². The van der Waals surface area contributed by atoms with Gasteiger partial charge >= 0.3 is 0 Å². The highest BCUT2D eigenvalue weighted by molar-refractivity contribution is 5.84. The van der Waals surface area contributed by atoms with Crippen molar-refractivity contribution in [2.75, 3.05) is 0 Å². The molecular formula is C26H17F3. The molecule has 0 N–H and O–H groups in total. The van der Waals surface area contributed by atoms with Gasteiger partial charge < -0.3 is 0 Å². The van der Waals surface area contributed by atoms with Crippen molar-refractivity contribution in [2.24, 2.45) is 0 Å². The predicted octanol–water partition coefficient (Wildman–Crippen LogP) is 6.89. The Kier molecular flexibility index (Phi) is 5.10. The average molecular weight is 386 g/mol. The molecule has 0 aliphatic heterocycles. The molecule has 0 aromatic heterocycles. The van der Waals surface area contributed by atoms with Crippen LogP contribution in [0.2, 0.25) is 0 Å². The van der Waals surface area contributed by atoms with Crippen LogP contribution in [0.1, 0.15) is 23.6 Å². The lowest BCUT2D eigenvalue weighted by molar-refractivity contribution is 0.517. The molecule has 4 rings (SSSR count). The third-order valence-electron chi connectivity index (χ3n) is 4.91. The molecule has 0 atom stereocenters. The van der Waals surface area contributed by atoms with Crippen LogP contribution in [0.4, 0.5) is 13.2 Å². The maximum absolute atomic E-state index is 14.5. The summed E-state index contributed by atoms with van der Waals surface area (Å²) in [5.74, 6) is 3.56. The molecule has 3 heteroatoms. The predicted molar refractivity (Wildman–Crippen MR) is 111 cm³/mol. The van der Waals surface area contributed by atoms with Crippen molar-refractivity contribution in [3.8, 4) is 23.0 Å². The molecule has 29 heavy (non-hydrogen) atoms. The maximum atomic E-state index is 14.5. The van der Waals surface area contributed by atoms with Gasteiger partial charge in [0.25, 0.3) is 0 Å². The highest BCUT2D eigenvalue weighted by Gasteiger charge is 2.07. The fourth-order valence-corrected chi connectivity index (χ4v) is 3.21. The van der Waals surface area contributed by atoms with E-state index in [0.717, 1.165) is 23.6 Å².